The molecule has 0 saturated carbocycles. The van der Waals surface area contributed by atoms with E-state index >= 15 is 0 Å². The number of anilines is 1. The maximum atomic E-state index is 11.1. The number of hydrogen-bond acceptors (Lipinski definition) is 3. The SMILES string of the molecule is COc1ccc(NS(=O)(=O)CBr)cc1. The summed E-state index contributed by atoms with van der Waals surface area (Å²) in [6, 6.07) is 6.65. The minimum Gasteiger partial charge on any atom is -0.497 e. The third-order valence-corrected chi connectivity index (χ3v) is 4.15. The van der Waals surface area contributed by atoms with Gasteiger partial charge in [-0.3, -0.25) is 4.72 Å². The highest BCUT2D eigenvalue weighted by atomic mass is 79.9. The summed E-state index contributed by atoms with van der Waals surface area (Å²) in [7, 11) is -1.71. The van der Waals surface area contributed by atoms with Gasteiger partial charge in [0.05, 0.1) is 7.11 Å². The zero-order valence-electron chi connectivity index (χ0n) is 7.53. The molecule has 0 amide bonds. The molecule has 4 nitrogen and oxygen atoms in total. The van der Waals surface area contributed by atoms with Crippen LogP contribution in [0.2, 0.25) is 0 Å². The highest BCUT2D eigenvalue weighted by molar-refractivity contribution is 9.10. The fraction of sp³-hybridized carbons (Fsp3) is 0.250. The van der Waals surface area contributed by atoms with Gasteiger partial charge in [0.2, 0.25) is 10.0 Å². The van der Waals surface area contributed by atoms with E-state index in [9.17, 15) is 8.42 Å². The van der Waals surface area contributed by atoms with Crippen LogP contribution in [-0.2, 0) is 10.0 Å². The van der Waals surface area contributed by atoms with Crippen molar-refractivity contribution in [1.82, 2.24) is 0 Å². The van der Waals surface area contributed by atoms with E-state index in [-0.39, 0.29) is 4.66 Å². The van der Waals surface area contributed by atoms with Crippen LogP contribution in [-0.4, -0.2) is 20.2 Å². The summed E-state index contributed by atoms with van der Waals surface area (Å²) in [6.07, 6.45) is 0. The van der Waals surface area contributed by atoms with E-state index in [1.807, 2.05) is 0 Å². The molecule has 0 saturated heterocycles. The molecule has 1 rings (SSSR count). The standard InChI is InChI=1S/C8H10BrNO3S/c1-13-8-4-2-7(3-5-8)10-14(11,12)6-9/h2-5,10H,6H2,1H3. The third kappa shape index (κ3) is 3.19. The summed E-state index contributed by atoms with van der Waals surface area (Å²) < 4.78 is 29.5. The Morgan fingerprint density at radius 2 is 1.93 bits per heavy atom. The van der Waals surface area contributed by atoms with Crippen LogP contribution in [0.4, 0.5) is 5.69 Å². The summed E-state index contributed by atoms with van der Waals surface area (Å²) >= 11 is 2.88. The average molecular weight is 280 g/mol. The summed E-state index contributed by atoms with van der Waals surface area (Å²) in [5, 5.41) is 0. The Balaban J connectivity index is 2.79. The lowest BCUT2D eigenvalue weighted by atomic mass is 10.3. The van der Waals surface area contributed by atoms with Gasteiger partial charge < -0.3 is 4.74 Å². The zero-order chi connectivity index (χ0) is 10.6. The van der Waals surface area contributed by atoms with E-state index in [1.54, 1.807) is 31.4 Å². The molecule has 78 valence electrons. The minimum atomic E-state index is -3.27. The average Bonchev–Trinajstić information content (AvgIpc) is 2.19. The van der Waals surface area contributed by atoms with E-state index in [2.05, 4.69) is 20.7 Å². The molecule has 0 aliphatic heterocycles. The minimum absolute atomic E-state index is 0.119. The number of halogens is 1. The van der Waals surface area contributed by atoms with Gasteiger partial charge in [0.1, 0.15) is 10.4 Å². The molecule has 1 N–H and O–H groups in total. The molecule has 6 heteroatoms. The Morgan fingerprint density at radius 3 is 2.36 bits per heavy atom. The molecule has 0 aliphatic carbocycles. The monoisotopic (exact) mass is 279 g/mol. The van der Waals surface area contributed by atoms with Gasteiger partial charge >= 0.3 is 0 Å². The lowest BCUT2D eigenvalue weighted by molar-refractivity contribution is 0.415. The summed E-state index contributed by atoms with van der Waals surface area (Å²) in [5.41, 5.74) is 0.519. The molecule has 0 unspecified atom stereocenters. The van der Waals surface area contributed by atoms with Crippen LogP contribution in [0, 0.1) is 0 Å². The molecule has 0 bridgehead atoms. The molecule has 0 fully saturated rings. The Hall–Kier alpha value is -0.750. The molecule has 0 atom stereocenters. The molecule has 0 radical (unpaired) electrons. The predicted molar refractivity (Wildman–Crippen MR) is 59.3 cm³/mol. The number of rotatable bonds is 4. The zero-order valence-corrected chi connectivity index (χ0v) is 9.93. The van der Waals surface area contributed by atoms with Crippen molar-refractivity contribution in [3.05, 3.63) is 24.3 Å². The van der Waals surface area contributed by atoms with Crippen LogP contribution in [0.5, 0.6) is 5.75 Å². The van der Waals surface area contributed by atoms with Crippen LogP contribution in [0.3, 0.4) is 0 Å². The van der Waals surface area contributed by atoms with Crippen molar-refractivity contribution in [3.8, 4) is 5.75 Å². The maximum Gasteiger partial charge on any atom is 0.242 e. The van der Waals surface area contributed by atoms with Crippen LogP contribution < -0.4 is 9.46 Å². The van der Waals surface area contributed by atoms with Crippen LogP contribution in [0.1, 0.15) is 0 Å². The first kappa shape index (κ1) is 11.3. The normalized spacial score (nSPS) is 11.0. The van der Waals surface area contributed by atoms with Gasteiger partial charge in [-0.15, -0.1) is 0 Å². The van der Waals surface area contributed by atoms with E-state index in [1.165, 1.54) is 0 Å². The Morgan fingerprint density at radius 1 is 1.36 bits per heavy atom. The van der Waals surface area contributed by atoms with Gasteiger partial charge in [0.15, 0.2) is 0 Å². The van der Waals surface area contributed by atoms with Crippen molar-refractivity contribution in [2.75, 3.05) is 16.5 Å². The van der Waals surface area contributed by atoms with Crippen molar-refractivity contribution in [2.24, 2.45) is 0 Å². The molecule has 0 heterocycles. The van der Waals surface area contributed by atoms with Gasteiger partial charge in [-0.25, -0.2) is 8.42 Å². The van der Waals surface area contributed by atoms with Crippen molar-refractivity contribution in [3.63, 3.8) is 0 Å². The first-order chi connectivity index (χ1) is 6.57. The maximum absolute atomic E-state index is 11.1. The number of alkyl halides is 1. The fourth-order valence-corrected chi connectivity index (χ4v) is 1.76. The first-order valence-electron chi connectivity index (χ1n) is 3.78. The number of nitrogens with one attached hydrogen (secondary N) is 1. The Bertz CT molecular complexity index is 388. The summed E-state index contributed by atoms with van der Waals surface area (Å²) in [5.74, 6) is 0.687. The number of benzene rings is 1. The van der Waals surface area contributed by atoms with Crippen molar-refractivity contribution < 1.29 is 13.2 Å². The van der Waals surface area contributed by atoms with Crippen LogP contribution >= 0.6 is 15.9 Å². The second-order valence-electron chi connectivity index (χ2n) is 2.55. The van der Waals surface area contributed by atoms with Gasteiger partial charge in [-0.05, 0) is 24.3 Å². The van der Waals surface area contributed by atoms with E-state index < -0.39 is 10.0 Å². The van der Waals surface area contributed by atoms with E-state index in [0.29, 0.717) is 11.4 Å². The van der Waals surface area contributed by atoms with Crippen LogP contribution in [0.25, 0.3) is 0 Å². The third-order valence-electron chi connectivity index (χ3n) is 1.51. The van der Waals surface area contributed by atoms with E-state index in [4.69, 9.17) is 4.74 Å². The molecule has 1 aromatic rings. The van der Waals surface area contributed by atoms with Gasteiger partial charge in [0, 0.05) is 5.69 Å². The van der Waals surface area contributed by atoms with Crippen molar-refractivity contribution >= 4 is 31.6 Å². The second kappa shape index (κ2) is 4.65. The number of hydrogen-bond donors (Lipinski definition) is 1. The van der Waals surface area contributed by atoms with Gasteiger partial charge in [-0.2, -0.15) is 0 Å². The highest BCUT2D eigenvalue weighted by Gasteiger charge is 2.06. The molecule has 0 spiro atoms. The topological polar surface area (TPSA) is 55.4 Å². The molecule has 14 heavy (non-hydrogen) atoms. The molecule has 0 aliphatic rings. The molecular weight excluding hydrogens is 270 g/mol. The number of sulfonamides is 1. The van der Waals surface area contributed by atoms with E-state index in [0.717, 1.165) is 0 Å². The van der Waals surface area contributed by atoms with Crippen molar-refractivity contribution in [2.45, 2.75) is 0 Å². The molecule has 0 aromatic heterocycles. The highest BCUT2D eigenvalue weighted by Crippen LogP contribution is 2.16. The largest absolute Gasteiger partial charge is 0.497 e. The molecular formula is C8H10BrNO3S. The fourth-order valence-electron chi connectivity index (χ4n) is 0.866. The van der Waals surface area contributed by atoms with Crippen molar-refractivity contribution in [1.29, 1.82) is 0 Å². The number of methoxy groups -OCH3 is 1. The summed E-state index contributed by atoms with van der Waals surface area (Å²) in [6.45, 7) is 0. The number of ether oxygens (including phenoxy) is 1. The van der Waals surface area contributed by atoms with Gasteiger partial charge in [-0.1, -0.05) is 15.9 Å². The Kier molecular flexibility index (Phi) is 3.77. The van der Waals surface area contributed by atoms with Gasteiger partial charge in [0.25, 0.3) is 0 Å². The quantitative estimate of drug-likeness (QED) is 0.855. The smallest absolute Gasteiger partial charge is 0.242 e. The molecule has 1 aromatic carbocycles. The lowest BCUT2D eigenvalue weighted by Crippen LogP contribution is -2.12. The predicted octanol–water partition coefficient (Wildman–Crippen LogP) is 1.79. The van der Waals surface area contributed by atoms with Crippen LogP contribution in [0.15, 0.2) is 24.3 Å². The Labute approximate surface area is 91.5 Å². The second-order valence-corrected chi connectivity index (χ2v) is 5.58. The first-order valence-corrected chi connectivity index (χ1v) is 6.55. The lowest BCUT2D eigenvalue weighted by Gasteiger charge is -2.05. The summed E-state index contributed by atoms with van der Waals surface area (Å²) in [4.78, 5) is 0.